The van der Waals surface area contributed by atoms with Crippen molar-refractivity contribution in [2.24, 2.45) is 10.7 Å². The second-order valence-electron chi connectivity index (χ2n) is 6.85. The number of benzene rings is 2. The highest BCUT2D eigenvalue weighted by Crippen LogP contribution is 2.25. The van der Waals surface area contributed by atoms with Gasteiger partial charge in [0.1, 0.15) is 11.9 Å². The lowest BCUT2D eigenvalue weighted by Crippen LogP contribution is -2.50. The van der Waals surface area contributed by atoms with E-state index in [1.807, 2.05) is 19.1 Å². The minimum atomic E-state index is -0.440. The molecule has 1 heterocycles. The standard InChI is InChI=1S/C21H25FN4O2.HI/c1-14-12-26(13-19(28-14)16-7-9-18(22)10-8-16)21(24-2)25-11-15-3-5-17(6-4-15)20(23)27;/h3-10,14,19H,11-13H2,1-2H3,(H2,23,27)(H,24,25);1H. The van der Waals surface area contributed by atoms with E-state index < -0.39 is 5.91 Å². The molecule has 1 amide bonds. The number of aliphatic imine (C=N–C) groups is 1. The minimum absolute atomic E-state index is 0. The Morgan fingerprint density at radius 2 is 1.86 bits per heavy atom. The van der Waals surface area contributed by atoms with Crippen LogP contribution in [0.1, 0.15) is 34.5 Å². The molecule has 8 heteroatoms. The number of nitrogens with one attached hydrogen (secondary N) is 1. The number of nitrogens with zero attached hydrogens (tertiary/aromatic N) is 2. The van der Waals surface area contributed by atoms with Crippen molar-refractivity contribution >= 4 is 35.8 Å². The maximum Gasteiger partial charge on any atom is 0.248 e. The third-order valence-electron chi connectivity index (χ3n) is 4.70. The summed E-state index contributed by atoms with van der Waals surface area (Å²) in [4.78, 5) is 17.7. The van der Waals surface area contributed by atoms with Gasteiger partial charge in [0.25, 0.3) is 0 Å². The zero-order valence-corrected chi connectivity index (χ0v) is 18.8. The summed E-state index contributed by atoms with van der Waals surface area (Å²) in [7, 11) is 1.74. The number of amides is 1. The van der Waals surface area contributed by atoms with Gasteiger partial charge >= 0.3 is 0 Å². The summed E-state index contributed by atoms with van der Waals surface area (Å²) < 4.78 is 19.3. The number of carbonyl (C=O) groups excluding carboxylic acids is 1. The van der Waals surface area contributed by atoms with Crippen molar-refractivity contribution in [1.82, 2.24) is 10.2 Å². The maximum atomic E-state index is 13.2. The Morgan fingerprint density at radius 1 is 1.21 bits per heavy atom. The van der Waals surface area contributed by atoms with Crippen molar-refractivity contribution in [2.75, 3.05) is 20.1 Å². The largest absolute Gasteiger partial charge is 0.367 e. The van der Waals surface area contributed by atoms with Gasteiger partial charge in [0.05, 0.1) is 12.6 Å². The van der Waals surface area contributed by atoms with Crippen molar-refractivity contribution in [1.29, 1.82) is 0 Å². The van der Waals surface area contributed by atoms with Crippen molar-refractivity contribution in [3.05, 3.63) is 71.0 Å². The van der Waals surface area contributed by atoms with E-state index in [0.29, 0.717) is 25.2 Å². The van der Waals surface area contributed by atoms with Gasteiger partial charge < -0.3 is 20.7 Å². The van der Waals surface area contributed by atoms with Crippen LogP contribution < -0.4 is 11.1 Å². The molecule has 2 atom stereocenters. The van der Waals surface area contributed by atoms with E-state index >= 15 is 0 Å². The Labute approximate surface area is 187 Å². The van der Waals surface area contributed by atoms with Gasteiger partial charge in [0, 0.05) is 25.7 Å². The first-order chi connectivity index (χ1) is 13.5. The summed E-state index contributed by atoms with van der Waals surface area (Å²) in [6.07, 6.45) is -0.144. The molecule has 0 radical (unpaired) electrons. The van der Waals surface area contributed by atoms with Gasteiger partial charge in [0.2, 0.25) is 5.91 Å². The zero-order valence-electron chi connectivity index (χ0n) is 16.5. The normalized spacial score (nSPS) is 19.4. The predicted octanol–water partition coefficient (Wildman–Crippen LogP) is 3.08. The summed E-state index contributed by atoms with van der Waals surface area (Å²) in [5.74, 6) is 0.0648. The molecule has 1 aliphatic heterocycles. The number of ether oxygens (including phenoxy) is 1. The van der Waals surface area contributed by atoms with E-state index in [2.05, 4.69) is 15.2 Å². The van der Waals surface area contributed by atoms with Crippen molar-refractivity contribution in [3.8, 4) is 0 Å². The van der Waals surface area contributed by atoms with Crippen LogP contribution in [-0.4, -0.2) is 43.0 Å². The molecule has 0 aromatic heterocycles. The molecule has 1 fully saturated rings. The number of hydrogen-bond donors (Lipinski definition) is 2. The fourth-order valence-electron chi connectivity index (χ4n) is 3.29. The average molecular weight is 512 g/mol. The molecule has 2 aromatic rings. The predicted molar refractivity (Wildman–Crippen MR) is 122 cm³/mol. The minimum Gasteiger partial charge on any atom is -0.367 e. The van der Waals surface area contributed by atoms with Crippen LogP contribution in [-0.2, 0) is 11.3 Å². The fraction of sp³-hybridized carbons (Fsp3) is 0.333. The van der Waals surface area contributed by atoms with Crippen LogP contribution in [0.25, 0.3) is 0 Å². The quantitative estimate of drug-likeness (QED) is 0.375. The first kappa shape index (κ1) is 23.1. The lowest BCUT2D eigenvalue weighted by molar-refractivity contribution is -0.0605. The number of primary amides is 1. The second-order valence-corrected chi connectivity index (χ2v) is 6.85. The molecular weight excluding hydrogens is 486 g/mol. The van der Waals surface area contributed by atoms with E-state index in [0.717, 1.165) is 17.1 Å². The Balaban J connectivity index is 0.00000300. The van der Waals surface area contributed by atoms with Gasteiger partial charge in [-0.25, -0.2) is 4.39 Å². The highest BCUT2D eigenvalue weighted by molar-refractivity contribution is 14.0. The summed E-state index contributed by atoms with van der Waals surface area (Å²) >= 11 is 0. The van der Waals surface area contributed by atoms with Crippen LogP contribution in [0.5, 0.6) is 0 Å². The number of carbonyl (C=O) groups is 1. The van der Waals surface area contributed by atoms with Crippen LogP contribution in [0, 0.1) is 5.82 Å². The van der Waals surface area contributed by atoms with Gasteiger partial charge in [-0.05, 0) is 42.3 Å². The molecule has 1 saturated heterocycles. The van der Waals surface area contributed by atoms with Gasteiger partial charge in [0.15, 0.2) is 5.96 Å². The SMILES string of the molecule is CN=C(NCc1ccc(C(N)=O)cc1)N1CC(C)OC(c2ccc(F)cc2)C1.I. The van der Waals surface area contributed by atoms with Gasteiger partial charge in [-0.3, -0.25) is 9.79 Å². The molecule has 1 aliphatic rings. The van der Waals surface area contributed by atoms with E-state index in [1.54, 1.807) is 31.3 Å². The maximum absolute atomic E-state index is 13.2. The summed E-state index contributed by atoms with van der Waals surface area (Å²) in [6, 6.07) is 13.6. The molecule has 0 aliphatic carbocycles. The number of hydrogen-bond acceptors (Lipinski definition) is 3. The molecule has 2 unspecified atom stereocenters. The molecule has 0 saturated carbocycles. The van der Waals surface area contributed by atoms with E-state index in [-0.39, 0.29) is 42.0 Å². The first-order valence-electron chi connectivity index (χ1n) is 9.21. The van der Waals surface area contributed by atoms with Crippen LogP contribution in [0.15, 0.2) is 53.5 Å². The molecule has 6 nitrogen and oxygen atoms in total. The second kappa shape index (κ2) is 10.5. The number of rotatable bonds is 4. The zero-order chi connectivity index (χ0) is 20.1. The van der Waals surface area contributed by atoms with Crippen LogP contribution in [0.3, 0.4) is 0 Å². The van der Waals surface area contributed by atoms with Gasteiger partial charge in [-0.15, -0.1) is 24.0 Å². The lowest BCUT2D eigenvalue weighted by Gasteiger charge is -2.38. The van der Waals surface area contributed by atoms with Crippen molar-refractivity contribution in [2.45, 2.75) is 25.7 Å². The Bertz CT molecular complexity index is 843. The first-order valence-corrected chi connectivity index (χ1v) is 9.21. The van der Waals surface area contributed by atoms with Crippen molar-refractivity contribution in [3.63, 3.8) is 0 Å². The molecule has 0 bridgehead atoms. The lowest BCUT2D eigenvalue weighted by atomic mass is 10.1. The number of morpholine rings is 1. The Kier molecular flexibility index (Phi) is 8.39. The van der Waals surface area contributed by atoms with Gasteiger partial charge in [-0.2, -0.15) is 0 Å². The molecule has 3 N–H and O–H groups in total. The molecule has 0 spiro atoms. The molecule has 29 heavy (non-hydrogen) atoms. The highest BCUT2D eigenvalue weighted by Gasteiger charge is 2.28. The molecule has 156 valence electrons. The third-order valence-corrected chi connectivity index (χ3v) is 4.70. The van der Waals surface area contributed by atoms with Crippen LogP contribution in [0.4, 0.5) is 4.39 Å². The average Bonchev–Trinajstić information content (AvgIpc) is 2.69. The van der Waals surface area contributed by atoms with Crippen molar-refractivity contribution < 1.29 is 13.9 Å². The fourth-order valence-corrected chi connectivity index (χ4v) is 3.29. The number of nitrogens with two attached hydrogens (primary N) is 1. The topological polar surface area (TPSA) is 79.9 Å². The number of guanidine groups is 1. The molecular formula is C21H26FIN4O2. The van der Waals surface area contributed by atoms with E-state index in [1.165, 1.54) is 12.1 Å². The molecule has 2 aromatic carbocycles. The highest BCUT2D eigenvalue weighted by atomic mass is 127. The third kappa shape index (κ3) is 6.14. The van der Waals surface area contributed by atoms with Crippen LogP contribution in [0.2, 0.25) is 0 Å². The van der Waals surface area contributed by atoms with E-state index in [9.17, 15) is 9.18 Å². The summed E-state index contributed by atoms with van der Waals surface area (Å²) in [5, 5.41) is 3.35. The summed E-state index contributed by atoms with van der Waals surface area (Å²) in [5.41, 5.74) is 7.71. The van der Waals surface area contributed by atoms with Gasteiger partial charge in [-0.1, -0.05) is 24.3 Å². The van der Waals surface area contributed by atoms with Crippen LogP contribution >= 0.6 is 24.0 Å². The Morgan fingerprint density at radius 3 is 2.45 bits per heavy atom. The van der Waals surface area contributed by atoms with E-state index in [4.69, 9.17) is 10.5 Å². The number of halogens is 2. The summed E-state index contributed by atoms with van der Waals surface area (Å²) in [6.45, 7) is 3.91. The molecule has 3 rings (SSSR count). The Hall–Kier alpha value is -2.20. The smallest absolute Gasteiger partial charge is 0.248 e. The monoisotopic (exact) mass is 512 g/mol.